The van der Waals surface area contributed by atoms with Crippen molar-refractivity contribution in [1.82, 2.24) is 5.32 Å². The molecule has 0 aliphatic carbocycles. The van der Waals surface area contributed by atoms with Gasteiger partial charge < -0.3 is 10.6 Å². The van der Waals surface area contributed by atoms with Crippen molar-refractivity contribution >= 4 is 11.6 Å². The second kappa shape index (κ2) is 6.66. The summed E-state index contributed by atoms with van der Waals surface area (Å²) in [5.74, 6) is 0.246. The van der Waals surface area contributed by atoms with E-state index in [0.717, 1.165) is 25.1 Å². The average Bonchev–Trinajstić information content (AvgIpc) is 2.36. The van der Waals surface area contributed by atoms with E-state index in [1.807, 2.05) is 6.92 Å². The highest BCUT2D eigenvalue weighted by atomic mass is 19.1. The normalized spacial score (nSPS) is 19.2. The van der Waals surface area contributed by atoms with E-state index in [2.05, 4.69) is 10.6 Å². The zero-order valence-corrected chi connectivity index (χ0v) is 11.3. The lowest BCUT2D eigenvalue weighted by Gasteiger charge is -2.22. The number of aryl methyl sites for hydroxylation is 1. The highest BCUT2D eigenvalue weighted by Crippen LogP contribution is 2.17. The number of anilines is 1. The third kappa shape index (κ3) is 4.63. The molecule has 1 aliphatic heterocycles. The number of halogens is 1. The number of carbonyl (C=O) groups excluding carboxylic acids is 1. The topological polar surface area (TPSA) is 41.1 Å². The van der Waals surface area contributed by atoms with Crippen molar-refractivity contribution in [3.8, 4) is 0 Å². The molecule has 1 unspecified atom stereocenters. The highest BCUT2D eigenvalue weighted by Gasteiger charge is 2.14. The van der Waals surface area contributed by atoms with Gasteiger partial charge in [-0.15, -0.1) is 0 Å². The van der Waals surface area contributed by atoms with Gasteiger partial charge in [0.1, 0.15) is 5.82 Å². The van der Waals surface area contributed by atoms with Crippen molar-refractivity contribution in [1.29, 1.82) is 0 Å². The van der Waals surface area contributed by atoms with Crippen molar-refractivity contribution in [3.63, 3.8) is 0 Å². The second-order valence-electron chi connectivity index (χ2n) is 5.32. The Balaban J connectivity index is 1.80. The predicted molar refractivity (Wildman–Crippen MR) is 74.6 cm³/mol. The van der Waals surface area contributed by atoms with E-state index < -0.39 is 0 Å². The Bertz CT molecular complexity index is 422. The van der Waals surface area contributed by atoms with Crippen molar-refractivity contribution in [2.45, 2.75) is 32.6 Å². The Hall–Kier alpha value is -1.42. The molecule has 1 heterocycles. The number of rotatable bonds is 4. The van der Waals surface area contributed by atoms with Crippen molar-refractivity contribution in [2.75, 3.05) is 18.4 Å². The van der Waals surface area contributed by atoms with Crippen LogP contribution in [0.25, 0.3) is 0 Å². The van der Waals surface area contributed by atoms with Crippen LogP contribution in [-0.4, -0.2) is 19.0 Å². The molecule has 1 atom stereocenters. The molecule has 3 nitrogen and oxygen atoms in total. The van der Waals surface area contributed by atoms with Crippen LogP contribution in [0.5, 0.6) is 0 Å². The first-order valence-electron chi connectivity index (χ1n) is 6.91. The number of nitrogens with one attached hydrogen (secondary N) is 2. The molecular formula is C15H21FN2O. The Morgan fingerprint density at radius 2 is 2.32 bits per heavy atom. The summed E-state index contributed by atoms with van der Waals surface area (Å²) in [6.07, 6.45) is 3.78. The van der Waals surface area contributed by atoms with Crippen LogP contribution in [0, 0.1) is 18.7 Å². The lowest BCUT2D eigenvalue weighted by molar-refractivity contribution is -0.116. The molecule has 1 amide bonds. The maximum atomic E-state index is 13.2. The third-order valence-electron chi connectivity index (χ3n) is 3.50. The summed E-state index contributed by atoms with van der Waals surface area (Å²) in [4.78, 5) is 11.8. The largest absolute Gasteiger partial charge is 0.326 e. The number of benzene rings is 1. The lowest BCUT2D eigenvalue weighted by atomic mass is 9.94. The summed E-state index contributed by atoms with van der Waals surface area (Å²) >= 11 is 0. The fourth-order valence-electron chi connectivity index (χ4n) is 2.54. The number of carbonyl (C=O) groups is 1. The van der Waals surface area contributed by atoms with E-state index in [1.54, 1.807) is 6.07 Å². The Morgan fingerprint density at radius 1 is 1.47 bits per heavy atom. The molecule has 0 spiro atoms. The minimum Gasteiger partial charge on any atom is -0.326 e. The zero-order chi connectivity index (χ0) is 13.7. The average molecular weight is 264 g/mol. The fraction of sp³-hybridized carbons (Fsp3) is 0.533. The van der Waals surface area contributed by atoms with Crippen LogP contribution in [0.1, 0.15) is 31.2 Å². The maximum Gasteiger partial charge on any atom is 0.224 e. The first-order valence-corrected chi connectivity index (χ1v) is 6.91. The molecule has 1 aromatic rings. The van der Waals surface area contributed by atoms with Crippen LogP contribution >= 0.6 is 0 Å². The standard InChI is InChI=1S/C15H21FN2O/c1-11-7-13(16)9-14(8-11)18-15(19)5-4-12-3-2-6-17-10-12/h7-9,12,17H,2-6,10H2,1H3,(H,18,19). The van der Waals surface area contributed by atoms with Gasteiger partial charge in [-0.05, 0) is 69.0 Å². The van der Waals surface area contributed by atoms with Crippen LogP contribution in [-0.2, 0) is 4.79 Å². The van der Waals surface area contributed by atoms with Gasteiger partial charge in [0.15, 0.2) is 0 Å². The molecule has 2 rings (SSSR count). The van der Waals surface area contributed by atoms with Gasteiger partial charge in [-0.25, -0.2) is 4.39 Å². The van der Waals surface area contributed by atoms with Crippen LogP contribution in [0.3, 0.4) is 0 Å². The van der Waals surface area contributed by atoms with E-state index >= 15 is 0 Å². The van der Waals surface area contributed by atoms with Gasteiger partial charge in [0.05, 0.1) is 0 Å². The van der Waals surface area contributed by atoms with E-state index in [1.165, 1.54) is 25.0 Å². The molecule has 1 fully saturated rings. The molecule has 4 heteroatoms. The molecule has 0 saturated carbocycles. The summed E-state index contributed by atoms with van der Waals surface area (Å²) in [6.45, 7) is 3.91. The summed E-state index contributed by atoms with van der Waals surface area (Å²) < 4.78 is 13.2. The first-order chi connectivity index (χ1) is 9.13. The quantitative estimate of drug-likeness (QED) is 0.878. The van der Waals surface area contributed by atoms with Crippen LogP contribution in [0.2, 0.25) is 0 Å². The third-order valence-corrected chi connectivity index (χ3v) is 3.50. The van der Waals surface area contributed by atoms with Gasteiger partial charge >= 0.3 is 0 Å². The fourth-order valence-corrected chi connectivity index (χ4v) is 2.54. The van der Waals surface area contributed by atoms with Gasteiger partial charge in [-0.1, -0.05) is 0 Å². The van der Waals surface area contributed by atoms with Gasteiger partial charge in [0, 0.05) is 12.1 Å². The van der Waals surface area contributed by atoms with Gasteiger partial charge in [0.25, 0.3) is 0 Å². The molecule has 0 aromatic heterocycles. The zero-order valence-electron chi connectivity index (χ0n) is 11.3. The first kappa shape index (κ1) is 14.0. The molecule has 0 radical (unpaired) electrons. The van der Waals surface area contributed by atoms with Crippen molar-refractivity contribution < 1.29 is 9.18 Å². The van der Waals surface area contributed by atoms with Crippen LogP contribution < -0.4 is 10.6 Å². The van der Waals surface area contributed by atoms with E-state index in [0.29, 0.717) is 18.0 Å². The van der Waals surface area contributed by atoms with Crippen LogP contribution in [0.4, 0.5) is 10.1 Å². The Morgan fingerprint density at radius 3 is 3.00 bits per heavy atom. The van der Waals surface area contributed by atoms with Gasteiger partial charge in [-0.3, -0.25) is 4.79 Å². The summed E-state index contributed by atoms with van der Waals surface area (Å²) in [5, 5.41) is 6.11. The smallest absolute Gasteiger partial charge is 0.224 e. The summed E-state index contributed by atoms with van der Waals surface area (Å²) in [6, 6.07) is 4.58. The molecular weight excluding hydrogens is 243 g/mol. The number of hydrogen-bond acceptors (Lipinski definition) is 2. The highest BCUT2D eigenvalue weighted by molar-refractivity contribution is 5.90. The molecule has 1 saturated heterocycles. The predicted octanol–water partition coefficient (Wildman–Crippen LogP) is 2.85. The Kier molecular flexibility index (Phi) is 4.91. The molecule has 19 heavy (non-hydrogen) atoms. The molecule has 104 valence electrons. The molecule has 1 aliphatic rings. The van der Waals surface area contributed by atoms with Gasteiger partial charge in [0.2, 0.25) is 5.91 Å². The number of piperidine rings is 1. The van der Waals surface area contributed by atoms with E-state index in [4.69, 9.17) is 0 Å². The summed E-state index contributed by atoms with van der Waals surface area (Å²) in [5.41, 5.74) is 1.36. The Labute approximate surface area is 113 Å². The van der Waals surface area contributed by atoms with Crippen molar-refractivity contribution in [2.24, 2.45) is 5.92 Å². The molecule has 0 bridgehead atoms. The number of amides is 1. The monoisotopic (exact) mass is 264 g/mol. The molecule has 1 aromatic carbocycles. The lowest BCUT2D eigenvalue weighted by Crippen LogP contribution is -2.30. The van der Waals surface area contributed by atoms with E-state index in [-0.39, 0.29) is 11.7 Å². The number of hydrogen-bond donors (Lipinski definition) is 2. The molecule has 2 N–H and O–H groups in total. The summed E-state index contributed by atoms with van der Waals surface area (Å²) in [7, 11) is 0. The van der Waals surface area contributed by atoms with Gasteiger partial charge in [-0.2, -0.15) is 0 Å². The SMILES string of the molecule is Cc1cc(F)cc(NC(=O)CCC2CCCNC2)c1. The minimum absolute atomic E-state index is 0.0319. The van der Waals surface area contributed by atoms with Crippen LogP contribution in [0.15, 0.2) is 18.2 Å². The minimum atomic E-state index is -0.313. The second-order valence-corrected chi connectivity index (χ2v) is 5.32. The van der Waals surface area contributed by atoms with E-state index in [9.17, 15) is 9.18 Å². The van der Waals surface area contributed by atoms with Crippen molar-refractivity contribution in [3.05, 3.63) is 29.6 Å². The maximum absolute atomic E-state index is 13.2.